The van der Waals surface area contributed by atoms with Gasteiger partial charge in [-0.15, -0.1) is 0 Å². The molecular formula is C22H27NO6. The lowest BCUT2D eigenvalue weighted by molar-refractivity contribution is -0.0812. The largest absolute Gasteiger partial charge is 0.493 e. The van der Waals surface area contributed by atoms with Crippen LogP contribution in [0, 0.1) is 0 Å². The van der Waals surface area contributed by atoms with E-state index in [9.17, 15) is 9.90 Å². The average molecular weight is 401 g/mol. The molecule has 156 valence electrons. The molecule has 0 spiro atoms. The van der Waals surface area contributed by atoms with Crippen molar-refractivity contribution in [2.45, 2.75) is 19.1 Å². The molecule has 1 aliphatic heterocycles. The third-order valence-electron chi connectivity index (χ3n) is 4.96. The number of hydrogen-bond acceptors (Lipinski definition) is 6. The second-order valence-electron chi connectivity index (χ2n) is 6.58. The molecular weight excluding hydrogens is 374 g/mol. The molecule has 0 aliphatic carbocycles. The number of hydrogen-bond donors (Lipinski definition) is 1. The lowest BCUT2D eigenvalue weighted by Crippen LogP contribution is -2.49. The fourth-order valence-electron chi connectivity index (χ4n) is 3.62. The van der Waals surface area contributed by atoms with E-state index in [2.05, 4.69) is 0 Å². The zero-order valence-electron chi connectivity index (χ0n) is 17.0. The van der Waals surface area contributed by atoms with Gasteiger partial charge in [-0.3, -0.25) is 4.79 Å². The SMILES string of the molecule is CCOc1ccccc1C(=O)N1CCO[C@H](CO)[C@H]1c1ccc(OC)c(OC)c1. The molecule has 1 N–H and O–H groups in total. The minimum Gasteiger partial charge on any atom is -0.493 e. The van der Waals surface area contributed by atoms with Gasteiger partial charge in [-0.05, 0) is 36.8 Å². The number of methoxy groups -OCH3 is 2. The summed E-state index contributed by atoms with van der Waals surface area (Å²) in [6.07, 6.45) is -0.551. The first-order chi connectivity index (χ1) is 14.1. The van der Waals surface area contributed by atoms with Crippen LogP contribution >= 0.6 is 0 Å². The van der Waals surface area contributed by atoms with E-state index in [4.69, 9.17) is 18.9 Å². The monoisotopic (exact) mass is 401 g/mol. The van der Waals surface area contributed by atoms with Crippen LogP contribution in [0.1, 0.15) is 28.9 Å². The highest BCUT2D eigenvalue weighted by molar-refractivity contribution is 5.97. The van der Waals surface area contributed by atoms with Gasteiger partial charge in [-0.25, -0.2) is 0 Å². The summed E-state index contributed by atoms with van der Waals surface area (Å²) in [5.74, 6) is 1.51. The zero-order valence-corrected chi connectivity index (χ0v) is 17.0. The quantitative estimate of drug-likeness (QED) is 0.769. The molecule has 2 aromatic rings. The van der Waals surface area contributed by atoms with Crippen molar-refractivity contribution in [2.24, 2.45) is 0 Å². The van der Waals surface area contributed by atoms with Crippen LogP contribution in [-0.2, 0) is 4.74 Å². The van der Waals surface area contributed by atoms with Gasteiger partial charge in [-0.2, -0.15) is 0 Å². The number of nitrogens with zero attached hydrogens (tertiary/aromatic N) is 1. The first kappa shape index (κ1) is 21.0. The van der Waals surface area contributed by atoms with Crippen molar-refractivity contribution in [3.8, 4) is 17.2 Å². The summed E-state index contributed by atoms with van der Waals surface area (Å²) in [5, 5.41) is 9.92. The van der Waals surface area contributed by atoms with Gasteiger partial charge in [-0.1, -0.05) is 18.2 Å². The van der Waals surface area contributed by atoms with E-state index in [-0.39, 0.29) is 12.5 Å². The molecule has 29 heavy (non-hydrogen) atoms. The van der Waals surface area contributed by atoms with Crippen molar-refractivity contribution in [3.63, 3.8) is 0 Å². The fraction of sp³-hybridized carbons (Fsp3) is 0.409. The highest BCUT2D eigenvalue weighted by Crippen LogP contribution is 2.37. The molecule has 0 saturated carbocycles. The first-order valence-electron chi connectivity index (χ1n) is 9.61. The number of ether oxygens (including phenoxy) is 4. The van der Waals surface area contributed by atoms with E-state index in [1.54, 1.807) is 37.3 Å². The number of para-hydroxylation sites is 1. The average Bonchev–Trinajstić information content (AvgIpc) is 2.78. The number of rotatable bonds is 7. The number of amides is 1. The highest BCUT2D eigenvalue weighted by Gasteiger charge is 2.37. The molecule has 1 aliphatic rings. The van der Waals surface area contributed by atoms with E-state index >= 15 is 0 Å². The minimum atomic E-state index is -0.551. The number of carbonyl (C=O) groups excluding carboxylic acids is 1. The van der Waals surface area contributed by atoms with Crippen molar-refractivity contribution in [1.82, 2.24) is 4.90 Å². The maximum absolute atomic E-state index is 13.5. The van der Waals surface area contributed by atoms with E-state index in [0.29, 0.717) is 42.6 Å². The second-order valence-corrected chi connectivity index (χ2v) is 6.58. The van der Waals surface area contributed by atoms with Gasteiger partial charge in [0, 0.05) is 6.54 Å². The van der Waals surface area contributed by atoms with Crippen molar-refractivity contribution in [3.05, 3.63) is 53.6 Å². The third-order valence-corrected chi connectivity index (χ3v) is 4.96. The Morgan fingerprint density at radius 3 is 2.59 bits per heavy atom. The van der Waals surface area contributed by atoms with Gasteiger partial charge in [0.15, 0.2) is 11.5 Å². The second kappa shape index (κ2) is 9.62. The molecule has 2 atom stereocenters. The van der Waals surface area contributed by atoms with Crippen LogP contribution in [0.3, 0.4) is 0 Å². The summed E-state index contributed by atoms with van der Waals surface area (Å²) < 4.78 is 22.1. The van der Waals surface area contributed by atoms with Gasteiger partial charge in [0.2, 0.25) is 0 Å². The van der Waals surface area contributed by atoms with Crippen LogP contribution < -0.4 is 14.2 Å². The van der Waals surface area contributed by atoms with Crippen molar-refractivity contribution >= 4 is 5.91 Å². The van der Waals surface area contributed by atoms with E-state index < -0.39 is 12.1 Å². The molecule has 0 unspecified atom stereocenters. The molecule has 7 nitrogen and oxygen atoms in total. The van der Waals surface area contributed by atoms with Crippen LogP contribution in [0.25, 0.3) is 0 Å². The molecule has 1 saturated heterocycles. The van der Waals surface area contributed by atoms with Gasteiger partial charge >= 0.3 is 0 Å². The van der Waals surface area contributed by atoms with Crippen molar-refractivity contribution in [2.75, 3.05) is 40.6 Å². The van der Waals surface area contributed by atoms with Crippen LogP contribution in [0.4, 0.5) is 0 Å². The molecule has 1 fully saturated rings. The summed E-state index contributed by atoms with van der Waals surface area (Å²) in [6, 6.07) is 12.2. The zero-order chi connectivity index (χ0) is 20.8. The van der Waals surface area contributed by atoms with Gasteiger partial charge in [0.25, 0.3) is 5.91 Å². The van der Waals surface area contributed by atoms with Crippen LogP contribution in [0.15, 0.2) is 42.5 Å². The number of aliphatic hydroxyl groups excluding tert-OH is 1. The summed E-state index contributed by atoms with van der Waals surface area (Å²) in [7, 11) is 3.13. The molecule has 0 bridgehead atoms. The van der Waals surface area contributed by atoms with Crippen molar-refractivity contribution in [1.29, 1.82) is 0 Å². The molecule has 0 radical (unpaired) electrons. The van der Waals surface area contributed by atoms with Gasteiger partial charge in [0.05, 0.1) is 45.6 Å². The Kier molecular flexibility index (Phi) is 6.95. The lowest BCUT2D eigenvalue weighted by Gasteiger charge is -2.41. The first-order valence-corrected chi connectivity index (χ1v) is 9.61. The summed E-state index contributed by atoms with van der Waals surface area (Å²) >= 11 is 0. The van der Waals surface area contributed by atoms with E-state index in [1.807, 2.05) is 31.2 Å². The number of aliphatic hydroxyl groups is 1. The Labute approximate surface area is 170 Å². The summed E-state index contributed by atoms with van der Waals surface area (Å²) in [4.78, 5) is 15.2. The smallest absolute Gasteiger partial charge is 0.258 e. The minimum absolute atomic E-state index is 0.171. The van der Waals surface area contributed by atoms with E-state index in [0.717, 1.165) is 5.56 Å². The Bertz CT molecular complexity index is 840. The summed E-state index contributed by atoms with van der Waals surface area (Å²) in [5.41, 5.74) is 1.28. The van der Waals surface area contributed by atoms with E-state index in [1.165, 1.54) is 0 Å². The predicted molar refractivity (Wildman–Crippen MR) is 108 cm³/mol. The molecule has 0 aromatic heterocycles. The standard InChI is InChI=1S/C22H27NO6/c1-4-28-17-8-6-5-7-16(17)22(25)23-11-12-29-20(14-24)21(23)15-9-10-18(26-2)19(13-15)27-3/h5-10,13,20-21,24H,4,11-12,14H2,1-3H3/t20-,21-/m1/s1. The molecule has 7 heteroatoms. The Morgan fingerprint density at radius 1 is 1.14 bits per heavy atom. The summed E-state index contributed by atoms with van der Waals surface area (Å²) in [6.45, 7) is 2.87. The normalized spacial score (nSPS) is 19.0. The third kappa shape index (κ3) is 4.31. The van der Waals surface area contributed by atoms with Crippen LogP contribution in [-0.4, -0.2) is 62.6 Å². The van der Waals surface area contributed by atoms with Crippen LogP contribution in [0.2, 0.25) is 0 Å². The number of carbonyl (C=O) groups is 1. The number of benzene rings is 2. The molecule has 3 rings (SSSR count). The van der Waals surface area contributed by atoms with Crippen LogP contribution in [0.5, 0.6) is 17.2 Å². The number of morpholine rings is 1. The van der Waals surface area contributed by atoms with Gasteiger partial charge in [0.1, 0.15) is 11.9 Å². The van der Waals surface area contributed by atoms with Gasteiger partial charge < -0.3 is 29.0 Å². The molecule has 2 aromatic carbocycles. The fourth-order valence-corrected chi connectivity index (χ4v) is 3.62. The topological polar surface area (TPSA) is 77.5 Å². The highest BCUT2D eigenvalue weighted by atomic mass is 16.5. The maximum atomic E-state index is 13.5. The lowest BCUT2D eigenvalue weighted by atomic mass is 9.96. The Morgan fingerprint density at radius 2 is 1.90 bits per heavy atom. The van der Waals surface area contributed by atoms with Crippen molar-refractivity contribution < 1.29 is 28.8 Å². The maximum Gasteiger partial charge on any atom is 0.258 e. The Balaban J connectivity index is 2.01. The molecule has 1 amide bonds. The Hall–Kier alpha value is -2.77. The molecule has 1 heterocycles. The predicted octanol–water partition coefficient (Wildman–Crippen LogP) is 2.68.